The average Bonchev–Trinajstić information content (AvgIpc) is 3.18. The number of carbonyl (C=O) groups is 4. The molecule has 1 aliphatic carbocycles. The first-order valence-electron chi connectivity index (χ1n) is 20.7. The molecule has 3 aliphatic heterocycles. The van der Waals surface area contributed by atoms with Gasteiger partial charge < -0.3 is 38.8 Å². The smallest absolute Gasteiger partial charge is 0.329 e. The Bertz CT molecular complexity index is 1440. The van der Waals surface area contributed by atoms with Crippen LogP contribution >= 0.6 is 11.6 Å². The third-order valence-corrected chi connectivity index (χ3v) is 13.4. The largest absolute Gasteiger partial charge is 0.456 e. The van der Waals surface area contributed by atoms with E-state index in [0.29, 0.717) is 51.4 Å². The third-order valence-electron chi connectivity index (χ3n) is 12.8. The number of rotatable bonds is 6. The molecule has 0 radical (unpaired) electrons. The van der Waals surface area contributed by atoms with Crippen LogP contribution in [0.15, 0.2) is 23.3 Å². The number of halogens is 1. The summed E-state index contributed by atoms with van der Waals surface area (Å²) in [5, 5.41) is 21.8. The normalized spacial score (nSPS) is 41.6. The number of allylic oxidation sites excluding steroid dienone is 3. The molecule has 3 fully saturated rings. The number of aliphatic hydroxyl groups excluding tert-OH is 1. The zero-order chi connectivity index (χ0) is 41.5. The first kappa shape index (κ1) is 46.5. The van der Waals surface area contributed by atoms with Crippen LogP contribution in [0.2, 0.25) is 0 Å². The Balaban J connectivity index is 1.76. The van der Waals surface area contributed by atoms with E-state index in [-0.39, 0.29) is 55.4 Å². The Morgan fingerprint density at radius 3 is 2.27 bits per heavy atom. The zero-order valence-corrected chi connectivity index (χ0v) is 35.8. The second-order valence-electron chi connectivity index (χ2n) is 17.1. The molecule has 2 N–H and O–H groups in total. The highest BCUT2D eigenvalue weighted by Crippen LogP contribution is 2.39. The third kappa shape index (κ3) is 10.9. The average molecular weight is 810 g/mol. The van der Waals surface area contributed by atoms with Crippen molar-refractivity contribution in [3.8, 4) is 0 Å². The molecule has 14 atom stereocenters. The zero-order valence-electron chi connectivity index (χ0n) is 35.0. The van der Waals surface area contributed by atoms with E-state index >= 15 is 0 Å². The lowest BCUT2D eigenvalue weighted by atomic mass is 9.82. The van der Waals surface area contributed by atoms with Crippen LogP contribution < -0.4 is 0 Å². The van der Waals surface area contributed by atoms with E-state index in [0.717, 1.165) is 11.1 Å². The molecule has 0 aromatic carbocycles. The lowest BCUT2D eigenvalue weighted by molar-refractivity contribution is -0.302. The lowest BCUT2D eigenvalue weighted by Crippen LogP contribution is -2.64. The molecule has 0 aromatic rings. The Kier molecular flexibility index (Phi) is 17.2. The van der Waals surface area contributed by atoms with Gasteiger partial charge in [0.25, 0.3) is 11.7 Å². The molecular formula is C43H68ClNO11. The van der Waals surface area contributed by atoms with Crippen LogP contribution in [0.5, 0.6) is 0 Å². The minimum Gasteiger partial charge on any atom is -0.456 e. The summed E-state index contributed by atoms with van der Waals surface area (Å²) in [7, 11) is 4.66. The van der Waals surface area contributed by atoms with Gasteiger partial charge in [0.05, 0.1) is 24.4 Å². The van der Waals surface area contributed by atoms with Crippen molar-refractivity contribution in [3.05, 3.63) is 23.3 Å². The molecule has 56 heavy (non-hydrogen) atoms. The van der Waals surface area contributed by atoms with Crippen molar-refractivity contribution >= 4 is 35.0 Å². The number of alkyl halides is 1. The number of methoxy groups -OCH3 is 3. The van der Waals surface area contributed by atoms with Crippen LogP contribution in [0, 0.1) is 29.6 Å². The molecule has 1 saturated carbocycles. The number of ether oxygens (including phenoxy) is 5. The minimum atomic E-state index is -2.48. The van der Waals surface area contributed by atoms with Crippen molar-refractivity contribution in [2.45, 2.75) is 166 Å². The monoisotopic (exact) mass is 809 g/mol. The number of cyclic esters (lactones) is 1. The highest BCUT2D eigenvalue weighted by atomic mass is 35.5. The summed E-state index contributed by atoms with van der Waals surface area (Å²) in [6.07, 6.45) is 5.66. The van der Waals surface area contributed by atoms with Crippen molar-refractivity contribution < 1.29 is 53.1 Å². The van der Waals surface area contributed by atoms with Crippen molar-refractivity contribution in [1.29, 1.82) is 0 Å². The Morgan fingerprint density at radius 1 is 0.964 bits per heavy atom. The van der Waals surface area contributed by atoms with E-state index in [1.807, 2.05) is 39.8 Å². The van der Waals surface area contributed by atoms with Gasteiger partial charge in [0.1, 0.15) is 24.0 Å². The Hall–Kier alpha value is -2.19. The molecule has 2 saturated heterocycles. The first-order chi connectivity index (χ1) is 26.5. The number of nitrogens with zero attached hydrogens (tertiary/aromatic N) is 1. The number of hydrogen-bond donors (Lipinski definition) is 2. The van der Waals surface area contributed by atoms with Gasteiger partial charge in [0, 0.05) is 57.4 Å². The van der Waals surface area contributed by atoms with Crippen LogP contribution in [0.4, 0.5) is 0 Å². The fourth-order valence-electron chi connectivity index (χ4n) is 9.37. The summed E-state index contributed by atoms with van der Waals surface area (Å²) in [5.41, 5.74) is 1.77. The maximum Gasteiger partial charge on any atom is 0.329 e. The van der Waals surface area contributed by atoms with E-state index in [2.05, 4.69) is 6.92 Å². The SMILES string of the molecule is CC[C@@H]1/C=C(\C)C[C@H](C)C[C@H](OC)[C@H]2O[C@@](O)(C(=O)C(=O)N3CCCC[C@H]3C(=O)O[C@H](/C(C)=C/[C@@H]3CC[C@@H](O)[C@H](OC)C3)[C@H](C)[C@@H](Cl)CC1=O)[C@H](C)C[C@@H]2OC. The number of piperidine rings is 1. The van der Waals surface area contributed by atoms with Crippen molar-refractivity contribution in [2.75, 3.05) is 27.9 Å². The predicted molar refractivity (Wildman–Crippen MR) is 212 cm³/mol. The molecule has 0 aromatic heterocycles. The molecule has 3 heterocycles. The highest BCUT2D eigenvalue weighted by Gasteiger charge is 2.56. The summed E-state index contributed by atoms with van der Waals surface area (Å²) < 4.78 is 29.9. The maximum atomic E-state index is 14.3. The molecule has 318 valence electrons. The van der Waals surface area contributed by atoms with Crippen LogP contribution in [-0.2, 0) is 42.9 Å². The van der Waals surface area contributed by atoms with Crippen LogP contribution in [0.3, 0.4) is 0 Å². The molecule has 13 heteroatoms. The second-order valence-corrected chi connectivity index (χ2v) is 17.7. The van der Waals surface area contributed by atoms with Crippen molar-refractivity contribution in [1.82, 2.24) is 4.90 Å². The Labute approximate surface area is 339 Å². The lowest BCUT2D eigenvalue weighted by Gasteiger charge is -2.47. The number of Topliss-reactive ketones (excluding diaryl/α,β-unsaturated/α-hetero) is 2. The summed E-state index contributed by atoms with van der Waals surface area (Å²) in [5.74, 6) is -6.91. The van der Waals surface area contributed by atoms with Gasteiger partial charge in [-0.3, -0.25) is 14.4 Å². The van der Waals surface area contributed by atoms with Crippen LogP contribution in [0.1, 0.15) is 112 Å². The molecule has 4 rings (SSSR count). The molecule has 4 aliphatic rings. The summed E-state index contributed by atoms with van der Waals surface area (Å²) in [4.78, 5) is 57.8. The molecule has 1 amide bonds. The van der Waals surface area contributed by atoms with Gasteiger partial charge in [0.15, 0.2) is 0 Å². The molecule has 2 bridgehead atoms. The number of amides is 1. The van der Waals surface area contributed by atoms with Gasteiger partial charge in [0.2, 0.25) is 5.79 Å². The number of carbonyl (C=O) groups excluding carboxylic acids is 4. The molecule has 12 nitrogen and oxygen atoms in total. The summed E-state index contributed by atoms with van der Waals surface area (Å²) in [6, 6.07) is -1.09. The fourth-order valence-corrected chi connectivity index (χ4v) is 9.65. The molecule has 0 spiro atoms. The topological polar surface area (TPSA) is 158 Å². The fraction of sp³-hybridized carbons (Fsp3) is 0.814. The summed E-state index contributed by atoms with van der Waals surface area (Å²) >= 11 is 7.10. The van der Waals surface area contributed by atoms with Crippen molar-refractivity contribution in [2.24, 2.45) is 29.6 Å². The number of ketones is 2. The molecular weight excluding hydrogens is 742 g/mol. The van der Waals surface area contributed by atoms with Gasteiger partial charge in [-0.15, -0.1) is 11.6 Å². The van der Waals surface area contributed by atoms with Crippen molar-refractivity contribution in [3.63, 3.8) is 0 Å². The van der Waals surface area contributed by atoms with E-state index in [1.165, 1.54) is 4.90 Å². The minimum absolute atomic E-state index is 0.00237. The first-order valence-corrected chi connectivity index (χ1v) is 21.2. The summed E-state index contributed by atoms with van der Waals surface area (Å²) in [6.45, 7) is 11.5. The van der Waals surface area contributed by atoms with E-state index in [9.17, 15) is 29.4 Å². The van der Waals surface area contributed by atoms with Crippen LogP contribution in [0.25, 0.3) is 0 Å². The highest BCUT2D eigenvalue weighted by molar-refractivity contribution is 6.39. The van der Waals surface area contributed by atoms with E-state index < -0.39 is 77.2 Å². The predicted octanol–water partition coefficient (Wildman–Crippen LogP) is 5.72. The van der Waals surface area contributed by atoms with Gasteiger partial charge in [-0.25, -0.2) is 4.79 Å². The maximum absolute atomic E-state index is 14.3. The number of hydrogen-bond acceptors (Lipinski definition) is 11. The standard InChI is InChI=1S/C43H68ClNO11/c1-10-30-18-24(2)17-25(3)19-36(53-8)39-37(54-9)21-27(5)43(51,56-39)40(48)41(49)45-16-12-11-13-32(45)42(50)55-38(28(6)31(44)23-34(30)47)26(4)20-29-14-15-33(46)35(22-29)52-7/h18,20,25,27-33,35-39,46,51H,10-17,19,21-23H2,1-9H3/b24-18+,26-20+/t25-,27+,28+,29-,30+,31-,32-,33+,35+,36-,37-,38+,39+,43+/m0/s1. The number of fused-ring (bicyclic) bond motifs is 3. The number of esters is 1. The Morgan fingerprint density at radius 2 is 1.62 bits per heavy atom. The number of aliphatic hydroxyl groups is 2. The van der Waals surface area contributed by atoms with Gasteiger partial charge in [-0.2, -0.15) is 0 Å². The van der Waals surface area contributed by atoms with Crippen LogP contribution in [-0.4, -0.2) is 120 Å². The quantitative estimate of drug-likeness (QED) is 0.146. The molecule has 0 unspecified atom stereocenters. The van der Waals surface area contributed by atoms with Gasteiger partial charge in [-0.1, -0.05) is 45.4 Å². The van der Waals surface area contributed by atoms with E-state index in [4.69, 9.17) is 35.3 Å². The van der Waals surface area contributed by atoms with Gasteiger partial charge >= 0.3 is 5.97 Å². The van der Waals surface area contributed by atoms with Gasteiger partial charge in [-0.05, 0) is 95.5 Å². The van der Waals surface area contributed by atoms with E-state index in [1.54, 1.807) is 28.3 Å². The second kappa shape index (κ2) is 20.7.